The summed E-state index contributed by atoms with van der Waals surface area (Å²) in [5.41, 5.74) is 0.965. The van der Waals surface area contributed by atoms with Gasteiger partial charge in [-0.2, -0.15) is 0 Å². The number of pyridine rings is 1. The van der Waals surface area contributed by atoms with Crippen LogP contribution in [0.15, 0.2) is 24.5 Å². The first kappa shape index (κ1) is 9.72. The standard InChI is InChI=1S/C10H11NO2/c1-2-3-10(12)13-8-9-4-6-11-7-5-9/h4-7,10,12H,8H2,1H3. The first-order chi connectivity index (χ1) is 6.33. The van der Waals surface area contributed by atoms with Gasteiger partial charge in [-0.1, -0.05) is 0 Å². The molecule has 0 amide bonds. The highest BCUT2D eigenvalue weighted by molar-refractivity contribution is 5.08. The second-order valence-corrected chi connectivity index (χ2v) is 2.41. The van der Waals surface area contributed by atoms with Crippen molar-refractivity contribution in [3.63, 3.8) is 0 Å². The maximum Gasteiger partial charge on any atom is 0.220 e. The molecule has 3 nitrogen and oxygen atoms in total. The van der Waals surface area contributed by atoms with Gasteiger partial charge in [0.05, 0.1) is 6.61 Å². The largest absolute Gasteiger partial charge is 0.358 e. The summed E-state index contributed by atoms with van der Waals surface area (Å²) in [6, 6.07) is 3.65. The van der Waals surface area contributed by atoms with Crippen LogP contribution >= 0.6 is 0 Å². The zero-order chi connectivity index (χ0) is 9.52. The van der Waals surface area contributed by atoms with E-state index in [1.165, 1.54) is 0 Å². The molecule has 0 saturated heterocycles. The van der Waals surface area contributed by atoms with Crippen molar-refractivity contribution in [1.82, 2.24) is 4.98 Å². The van der Waals surface area contributed by atoms with E-state index in [4.69, 9.17) is 9.84 Å². The van der Waals surface area contributed by atoms with Crippen LogP contribution in [0.4, 0.5) is 0 Å². The van der Waals surface area contributed by atoms with E-state index in [9.17, 15) is 0 Å². The molecule has 0 radical (unpaired) electrons. The van der Waals surface area contributed by atoms with E-state index >= 15 is 0 Å². The Morgan fingerprint density at radius 3 is 2.85 bits per heavy atom. The Kier molecular flexibility index (Phi) is 3.97. The third kappa shape index (κ3) is 3.70. The van der Waals surface area contributed by atoms with E-state index in [0.29, 0.717) is 6.61 Å². The zero-order valence-corrected chi connectivity index (χ0v) is 7.40. The summed E-state index contributed by atoms with van der Waals surface area (Å²) >= 11 is 0. The fraction of sp³-hybridized carbons (Fsp3) is 0.300. The van der Waals surface area contributed by atoms with Crippen LogP contribution in [0.25, 0.3) is 0 Å². The fourth-order valence-corrected chi connectivity index (χ4v) is 0.819. The lowest BCUT2D eigenvalue weighted by Gasteiger charge is -2.04. The summed E-state index contributed by atoms with van der Waals surface area (Å²) in [7, 11) is 0. The molecular formula is C10H11NO2. The maximum atomic E-state index is 9.10. The molecule has 68 valence electrons. The van der Waals surface area contributed by atoms with Crippen molar-refractivity contribution in [2.75, 3.05) is 0 Å². The van der Waals surface area contributed by atoms with Crippen LogP contribution in [0.2, 0.25) is 0 Å². The van der Waals surface area contributed by atoms with E-state index in [1.54, 1.807) is 19.3 Å². The Balaban J connectivity index is 2.38. The molecule has 1 rings (SSSR count). The number of aromatic nitrogens is 1. The molecule has 1 aromatic heterocycles. The maximum absolute atomic E-state index is 9.10. The van der Waals surface area contributed by atoms with Crippen LogP contribution in [-0.4, -0.2) is 16.4 Å². The first-order valence-electron chi connectivity index (χ1n) is 3.94. The second-order valence-electron chi connectivity index (χ2n) is 2.41. The summed E-state index contributed by atoms with van der Waals surface area (Å²) in [6.07, 6.45) is 2.35. The summed E-state index contributed by atoms with van der Waals surface area (Å²) in [5, 5.41) is 9.10. The van der Waals surface area contributed by atoms with E-state index in [2.05, 4.69) is 16.8 Å². The molecule has 0 bridgehead atoms. The van der Waals surface area contributed by atoms with E-state index in [0.717, 1.165) is 5.56 Å². The van der Waals surface area contributed by atoms with Crippen LogP contribution in [0, 0.1) is 11.8 Å². The predicted molar refractivity (Wildman–Crippen MR) is 48.5 cm³/mol. The number of aliphatic hydroxyl groups excluding tert-OH is 1. The van der Waals surface area contributed by atoms with Gasteiger partial charge in [-0.05, 0) is 30.5 Å². The average Bonchev–Trinajstić information content (AvgIpc) is 2.17. The van der Waals surface area contributed by atoms with Gasteiger partial charge in [0.2, 0.25) is 6.29 Å². The zero-order valence-electron chi connectivity index (χ0n) is 7.40. The van der Waals surface area contributed by atoms with Crippen molar-refractivity contribution in [2.24, 2.45) is 0 Å². The molecule has 1 atom stereocenters. The van der Waals surface area contributed by atoms with Crippen molar-refractivity contribution in [2.45, 2.75) is 19.8 Å². The molecule has 0 aliphatic rings. The lowest BCUT2D eigenvalue weighted by Crippen LogP contribution is -2.08. The fourth-order valence-electron chi connectivity index (χ4n) is 0.819. The molecule has 0 aromatic carbocycles. The monoisotopic (exact) mass is 177 g/mol. The summed E-state index contributed by atoms with van der Waals surface area (Å²) in [5.74, 6) is 5.05. The summed E-state index contributed by atoms with van der Waals surface area (Å²) in [4.78, 5) is 3.86. The minimum Gasteiger partial charge on any atom is -0.358 e. The highest BCUT2D eigenvalue weighted by atomic mass is 16.6. The number of rotatable bonds is 3. The van der Waals surface area contributed by atoms with Crippen LogP contribution in [0.3, 0.4) is 0 Å². The molecule has 1 N–H and O–H groups in total. The van der Waals surface area contributed by atoms with Gasteiger partial charge in [-0.25, -0.2) is 0 Å². The minimum atomic E-state index is -1.00. The van der Waals surface area contributed by atoms with Gasteiger partial charge in [0.25, 0.3) is 0 Å². The third-order valence-electron chi connectivity index (χ3n) is 1.43. The molecule has 13 heavy (non-hydrogen) atoms. The van der Waals surface area contributed by atoms with Gasteiger partial charge >= 0.3 is 0 Å². The number of nitrogens with zero attached hydrogens (tertiary/aromatic N) is 1. The third-order valence-corrected chi connectivity index (χ3v) is 1.43. The molecular weight excluding hydrogens is 166 g/mol. The van der Waals surface area contributed by atoms with Crippen LogP contribution in [-0.2, 0) is 11.3 Å². The summed E-state index contributed by atoms with van der Waals surface area (Å²) in [6.45, 7) is 2.00. The average molecular weight is 177 g/mol. The molecule has 0 fully saturated rings. The second kappa shape index (κ2) is 5.31. The van der Waals surface area contributed by atoms with Gasteiger partial charge < -0.3 is 9.84 Å². The van der Waals surface area contributed by atoms with Gasteiger partial charge in [0.15, 0.2) is 0 Å². The number of hydrogen-bond donors (Lipinski definition) is 1. The van der Waals surface area contributed by atoms with Crippen molar-refractivity contribution in [3.05, 3.63) is 30.1 Å². The molecule has 1 unspecified atom stereocenters. The van der Waals surface area contributed by atoms with E-state index < -0.39 is 6.29 Å². The van der Waals surface area contributed by atoms with Crippen LogP contribution < -0.4 is 0 Å². The molecule has 3 heteroatoms. The van der Waals surface area contributed by atoms with Crippen molar-refractivity contribution < 1.29 is 9.84 Å². The number of aliphatic hydroxyl groups is 1. The Hall–Kier alpha value is -1.37. The van der Waals surface area contributed by atoms with Crippen LogP contribution in [0.5, 0.6) is 0 Å². The van der Waals surface area contributed by atoms with Crippen LogP contribution in [0.1, 0.15) is 12.5 Å². The predicted octanol–water partition coefficient (Wildman–Crippen LogP) is 0.940. The molecule has 0 aliphatic carbocycles. The smallest absolute Gasteiger partial charge is 0.220 e. The Labute approximate surface area is 77.4 Å². The lowest BCUT2D eigenvalue weighted by molar-refractivity contribution is -0.0664. The van der Waals surface area contributed by atoms with Gasteiger partial charge in [-0.15, -0.1) is 5.92 Å². The van der Waals surface area contributed by atoms with Crippen molar-refractivity contribution in [1.29, 1.82) is 0 Å². The molecule has 0 aliphatic heterocycles. The molecule has 1 aromatic rings. The number of ether oxygens (including phenoxy) is 1. The topological polar surface area (TPSA) is 42.4 Å². The van der Waals surface area contributed by atoms with Gasteiger partial charge in [0.1, 0.15) is 0 Å². The first-order valence-corrected chi connectivity index (χ1v) is 3.94. The Bertz CT molecular complexity index is 300. The lowest BCUT2D eigenvalue weighted by atomic mass is 10.3. The van der Waals surface area contributed by atoms with Gasteiger partial charge in [-0.3, -0.25) is 4.98 Å². The highest BCUT2D eigenvalue weighted by Gasteiger charge is 1.98. The molecule has 0 spiro atoms. The quantitative estimate of drug-likeness (QED) is 0.552. The SMILES string of the molecule is CC#CC(O)OCc1ccncc1. The van der Waals surface area contributed by atoms with Gasteiger partial charge in [0, 0.05) is 12.4 Å². The molecule has 0 saturated carbocycles. The minimum absolute atomic E-state index is 0.346. The highest BCUT2D eigenvalue weighted by Crippen LogP contribution is 1.99. The summed E-state index contributed by atoms with van der Waals surface area (Å²) < 4.78 is 5.02. The van der Waals surface area contributed by atoms with Crippen molar-refractivity contribution in [3.8, 4) is 11.8 Å². The number of hydrogen-bond acceptors (Lipinski definition) is 3. The van der Waals surface area contributed by atoms with E-state index in [1.807, 2.05) is 12.1 Å². The Morgan fingerprint density at radius 1 is 1.54 bits per heavy atom. The normalized spacial score (nSPS) is 11.5. The van der Waals surface area contributed by atoms with E-state index in [-0.39, 0.29) is 0 Å². The van der Waals surface area contributed by atoms with Crippen molar-refractivity contribution >= 4 is 0 Å². The Morgan fingerprint density at radius 2 is 2.23 bits per heavy atom. The molecule has 1 heterocycles.